The molecule has 1 aromatic heterocycles. The first-order valence-corrected chi connectivity index (χ1v) is 5.91. The van der Waals surface area contributed by atoms with Crippen LogP contribution in [0.15, 0.2) is 39.4 Å². The van der Waals surface area contributed by atoms with Gasteiger partial charge in [0, 0.05) is 0 Å². The summed E-state index contributed by atoms with van der Waals surface area (Å²) in [4.78, 5) is 11.8. The fraction of sp³-hybridized carbons (Fsp3) is 0.154. The zero-order chi connectivity index (χ0) is 12.4. The molecule has 0 radical (unpaired) electrons. The molecule has 0 fully saturated rings. The van der Waals surface area contributed by atoms with Gasteiger partial charge in [0.25, 0.3) is 0 Å². The van der Waals surface area contributed by atoms with E-state index in [0.29, 0.717) is 10.4 Å². The Hall–Kier alpha value is -1.55. The molecule has 0 amide bonds. The molecular formula is C13H11BrO3. The Kier molecular flexibility index (Phi) is 3.33. The second kappa shape index (κ2) is 4.75. The van der Waals surface area contributed by atoms with Crippen molar-refractivity contribution < 1.29 is 13.9 Å². The van der Waals surface area contributed by atoms with E-state index in [2.05, 4.69) is 15.9 Å². The number of carbonyl (C=O) groups is 1. The number of hydrogen-bond acceptors (Lipinski definition) is 3. The monoisotopic (exact) mass is 294 g/mol. The molecular weight excluding hydrogens is 284 g/mol. The second-order valence-corrected chi connectivity index (χ2v) is 4.47. The van der Waals surface area contributed by atoms with Gasteiger partial charge in [-0.1, -0.05) is 12.1 Å². The molecule has 17 heavy (non-hydrogen) atoms. The lowest BCUT2D eigenvalue weighted by atomic mass is 10.1. The quantitative estimate of drug-likeness (QED) is 0.623. The van der Waals surface area contributed by atoms with E-state index in [-0.39, 0.29) is 5.76 Å². The van der Waals surface area contributed by atoms with E-state index in [1.807, 2.05) is 26.0 Å². The minimum Gasteiger partial charge on any atom is -0.442 e. The molecule has 1 heterocycles. The molecule has 4 heteroatoms. The first-order chi connectivity index (χ1) is 8.08. The fourth-order valence-electron chi connectivity index (χ4n) is 1.41. The van der Waals surface area contributed by atoms with Gasteiger partial charge in [0.05, 0.1) is 0 Å². The molecule has 2 rings (SSSR count). The molecule has 0 spiro atoms. The van der Waals surface area contributed by atoms with Crippen LogP contribution in [0, 0.1) is 13.8 Å². The van der Waals surface area contributed by atoms with E-state index in [0.717, 1.165) is 11.1 Å². The van der Waals surface area contributed by atoms with Crippen LogP contribution in [0.2, 0.25) is 0 Å². The van der Waals surface area contributed by atoms with Crippen LogP contribution in [0.5, 0.6) is 5.75 Å². The summed E-state index contributed by atoms with van der Waals surface area (Å²) < 4.78 is 10.9. The highest BCUT2D eigenvalue weighted by Gasteiger charge is 2.14. The average Bonchev–Trinajstić information content (AvgIpc) is 2.72. The van der Waals surface area contributed by atoms with Gasteiger partial charge in [-0.15, -0.1) is 0 Å². The smallest absolute Gasteiger partial charge is 0.379 e. The van der Waals surface area contributed by atoms with Crippen LogP contribution in [0.3, 0.4) is 0 Å². The maximum absolute atomic E-state index is 11.8. The van der Waals surface area contributed by atoms with E-state index in [9.17, 15) is 4.79 Å². The summed E-state index contributed by atoms with van der Waals surface area (Å²) in [6.07, 6.45) is 0. The molecule has 0 N–H and O–H groups in total. The molecule has 88 valence electrons. The van der Waals surface area contributed by atoms with E-state index in [1.165, 1.54) is 0 Å². The Morgan fingerprint density at radius 3 is 2.65 bits per heavy atom. The zero-order valence-corrected chi connectivity index (χ0v) is 11.1. The van der Waals surface area contributed by atoms with E-state index >= 15 is 0 Å². The van der Waals surface area contributed by atoms with Crippen molar-refractivity contribution in [2.75, 3.05) is 0 Å². The molecule has 0 unspecified atom stereocenters. The number of ether oxygens (including phenoxy) is 1. The topological polar surface area (TPSA) is 39.4 Å². The van der Waals surface area contributed by atoms with Gasteiger partial charge in [0.15, 0.2) is 4.67 Å². The van der Waals surface area contributed by atoms with Crippen LogP contribution in [0.25, 0.3) is 0 Å². The normalized spacial score (nSPS) is 10.3. The maximum Gasteiger partial charge on any atom is 0.379 e. The lowest BCUT2D eigenvalue weighted by Gasteiger charge is -2.07. The average molecular weight is 295 g/mol. The standard InChI is InChI=1S/C13H11BrO3/c1-8-4-3-5-10(9(8)2)17-13(15)11-6-7-12(14)16-11/h3-7H,1-2H3. The highest BCUT2D eigenvalue weighted by atomic mass is 79.9. The van der Waals surface area contributed by atoms with Crippen molar-refractivity contribution in [3.05, 3.63) is 51.9 Å². The number of carbonyl (C=O) groups excluding carboxylic acids is 1. The largest absolute Gasteiger partial charge is 0.442 e. The van der Waals surface area contributed by atoms with Gasteiger partial charge in [-0.05, 0) is 59.1 Å². The lowest BCUT2D eigenvalue weighted by molar-refractivity contribution is 0.0698. The molecule has 0 atom stereocenters. The third-order valence-corrected chi connectivity index (χ3v) is 2.96. The van der Waals surface area contributed by atoms with Crippen molar-refractivity contribution >= 4 is 21.9 Å². The van der Waals surface area contributed by atoms with Crippen molar-refractivity contribution in [2.24, 2.45) is 0 Å². The highest BCUT2D eigenvalue weighted by molar-refractivity contribution is 9.10. The van der Waals surface area contributed by atoms with Gasteiger partial charge in [-0.2, -0.15) is 0 Å². The van der Waals surface area contributed by atoms with Crippen LogP contribution in [-0.4, -0.2) is 5.97 Å². The van der Waals surface area contributed by atoms with Gasteiger partial charge in [0.1, 0.15) is 5.75 Å². The number of esters is 1. The third kappa shape index (κ3) is 2.58. The van der Waals surface area contributed by atoms with E-state index in [1.54, 1.807) is 18.2 Å². The number of halogens is 1. The molecule has 0 saturated heterocycles. The van der Waals surface area contributed by atoms with Gasteiger partial charge in [-0.3, -0.25) is 0 Å². The van der Waals surface area contributed by atoms with Crippen LogP contribution in [0.1, 0.15) is 21.7 Å². The molecule has 0 bridgehead atoms. The molecule has 0 aliphatic carbocycles. The van der Waals surface area contributed by atoms with Gasteiger partial charge < -0.3 is 9.15 Å². The Morgan fingerprint density at radius 2 is 2.00 bits per heavy atom. The van der Waals surface area contributed by atoms with Crippen LogP contribution < -0.4 is 4.74 Å². The number of benzene rings is 1. The summed E-state index contributed by atoms with van der Waals surface area (Å²) in [6.45, 7) is 3.88. The Bertz CT molecular complexity index is 558. The summed E-state index contributed by atoms with van der Waals surface area (Å²) in [5, 5.41) is 0. The highest BCUT2D eigenvalue weighted by Crippen LogP contribution is 2.22. The minimum absolute atomic E-state index is 0.179. The number of rotatable bonds is 2. The van der Waals surface area contributed by atoms with Crippen LogP contribution in [-0.2, 0) is 0 Å². The molecule has 2 aromatic rings. The summed E-state index contributed by atoms with van der Waals surface area (Å²) in [6, 6.07) is 8.80. The fourth-order valence-corrected chi connectivity index (χ4v) is 1.72. The summed E-state index contributed by atoms with van der Waals surface area (Å²) in [5.41, 5.74) is 2.03. The molecule has 0 aliphatic heterocycles. The molecule has 1 aromatic carbocycles. The summed E-state index contributed by atoms with van der Waals surface area (Å²) in [7, 11) is 0. The van der Waals surface area contributed by atoms with Gasteiger partial charge in [0.2, 0.25) is 5.76 Å². The molecule has 3 nitrogen and oxygen atoms in total. The molecule has 0 aliphatic rings. The Morgan fingerprint density at radius 1 is 1.24 bits per heavy atom. The zero-order valence-electron chi connectivity index (χ0n) is 9.49. The van der Waals surface area contributed by atoms with E-state index in [4.69, 9.17) is 9.15 Å². The van der Waals surface area contributed by atoms with Crippen molar-refractivity contribution in [1.82, 2.24) is 0 Å². The first-order valence-electron chi connectivity index (χ1n) is 5.11. The van der Waals surface area contributed by atoms with Gasteiger partial charge >= 0.3 is 5.97 Å². The second-order valence-electron chi connectivity index (χ2n) is 3.69. The lowest BCUT2D eigenvalue weighted by Crippen LogP contribution is -2.08. The van der Waals surface area contributed by atoms with Crippen molar-refractivity contribution in [1.29, 1.82) is 0 Å². The predicted molar refractivity (Wildman–Crippen MR) is 67.3 cm³/mol. The predicted octanol–water partition coefficient (Wildman–Crippen LogP) is 3.88. The van der Waals surface area contributed by atoms with Crippen LogP contribution >= 0.6 is 15.9 Å². The number of furan rings is 1. The van der Waals surface area contributed by atoms with Crippen molar-refractivity contribution in [3.63, 3.8) is 0 Å². The van der Waals surface area contributed by atoms with Crippen molar-refractivity contribution in [3.8, 4) is 5.75 Å². The SMILES string of the molecule is Cc1cccc(OC(=O)c2ccc(Br)o2)c1C. The maximum atomic E-state index is 11.8. The Labute approximate surface area is 108 Å². The Balaban J connectivity index is 2.21. The first kappa shape index (κ1) is 11.9. The summed E-state index contributed by atoms with van der Waals surface area (Å²) in [5.74, 6) is 0.240. The third-order valence-electron chi connectivity index (χ3n) is 2.53. The van der Waals surface area contributed by atoms with Crippen LogP contribution in [0.4, 0.5) is 0 Å². The van der Waals surface area contributed by atoms with Crippen molar-refractivity contribution in [2.45, 2.75) is 13.8 Å². The van der Waals surface area contributed by atoms with E-state index < -0.39 is 5.97 Å². The molecule has 0 saturated carbocycles. The van der Waals surface area contributed by atoms with Gasteiger partial charge in [-0.25, -0.2) is 4.79 Å². The number of aryl methyl sites for hydroxylation is 1. The minimum atomic E-state index is -0.496. The number of hydrogen-bond donors (Lipinski definition) is 0. The summed E-state index contributed by atoms with van der Waals surface area (Å²) >= 11 is 3.14.